The zero-order valence-electron chi connectivity index (χ0n) is 11.3. The molecule has 3 N–H and O–H groups in total. The first-order valence-electron chi connectivity index (χ1n) is 6.21. The number of ether oxygens (including phenoxy) is 1. The molecule has 0 spiro atoms. The minimum atomic E-state index is -0.763. The third kappa shape index (κ3) is 4.17. The molecule has 2 rings (SSSR count). The number of aromatic nitrogens is 1. The molecular formula is C14H12FN3O4. The lowest BCUT2D eigenvalue weighted by Gasteiger charge is -2.08. The molecule has 2 aromatic rings. The number of carbonyl (C=O) groups excluding carboxylic acids is 2. The molecule has 7 nitrogen and oxygen atoms in total. The molecule has 8 heteroatoms. The maximum absolute atomic E-state index is 12.9. The third-order valence-corrected chi connectivity index (χ3v) is 2.54. The van der Waals surface area contributed by atoms with Crippen molar-refractivity contribution in [3.05, 3.63) is 64.3 Å². The highest BCUT2D eigenvalue weighted by atomic mass is 19.1. The smallest absolute Gasteiger partial charge is 0.276 e. The van der Waals surface area contributed by atoms with E-state index < -0.39 is 29.8 Å². The van der Waals surface area contributed by atoms with Crippen molar-refractivity contribution < 1.29 is 18.7 Å². The lowest BCUT2D eigenvalue weighted by molar-refractivity contribution is -0.123. The van der Waals surface area contributed by atoms with E-state index in [0.717, 1.165) is 6.07 Å². The van der Waals surface area contributed by atoms with Crippen LogP contribution in [0, 0.1) is 5.82 Å². The number of rotatable bonds is 4. The summed E-state index contributed by atoms with van der Waals surface area (Å²) in [5.74, 6) is -1.73. The molecule has 0 saturated heterocycles. The summed E-state index contributed by atoms with van der Waals surface area (Å²) < 4.78 is 17.9. The molecular weight excluding hydrogens is 293 g/mol. The summed E-state index contributed by atoms with van der Waals surface area (Å²) in [6.45, 7) is -0.422. The molecule has 2 amide bonds. The SMILES string of the molecule is O=C(COc1cccc(F)c1)NNC(=O)c1ccc[nH]c1=O. The predicted octanol–water partition coefficient (Wildman–Crippen LogP) is 0.354. The van der Waals surface area contributed by atoms with Gasteiger partial charge in [0.2, 0.25) is 0 Å². The number of amides is 2. The van der Waals surface area contributed by atoms with Crippen molar-refractivity contribution in [2.75, 3.05) is 6.61 Å². The number of carbonyl (C=O) groups is 2. The third-order valence-electron chi connectivity index (χ3n) is 2.54. The van der Waals surface area contributed by atoms with Crippen molar-refractivity contribution in [1.29, 1.82) is 0 Å². The summed E-state index contributed by atoms with van der Waals surface area (Å²) in [5, 5.41) is 0. The Morgan fingerprint density at radius 2 is 2.00 bits per heavy atom. The highest BCUT2D eigenvalue weighted by molar-refractivity contribution is 5.95. The molecule has 0 fully saturated rings. The average molecular weight is 305 g/mol. The first-order chi connectivity index (χ1) is 10.6. The van der Waals surface area contributed by atoms with Gasteiger partial charge in [0.25, 0.3) is 17.4 Å². The number of aromatic amines is 1. The van der Waals surface area contributed by atoms with Crippen LogP contribution >= 0.6 is 0 Å². The molecule has 0 aliphatic rings. The second-order valence-electron chi connectivity index (χ2n) is 4.16. The van der Waals surface area contributed by atoms with Gasteiger partial charge < -0.3 is 9.72 Å². The van der Waals surface area contributed by atoms with Crippen LogP contribution in [-0.4, -0.2) is 23.4 Å². The molecule has 0 unspecified atom stereocenters. The standard InChI is InChI=1S/C14H12FN3O4/c15-9-3-1-4-10(7-9)22-8-12(19)17-18-14(21)11-5-2-6-16-13(11)20/h1-7H,8H2,(H,16,20)(H,17,19)(H,18,21). The van der Waals surface area contributed by atoms with Crippen LogP contribution < -0.4 is 21.1 Å². The molecule has 1 aromatic heterocycles. The van der Waals surface area contributed by atoms with Crippen LogP contribution in [0.3, 0.4) is 0 Å². The summed E-state index contributed by atoms with van der Waals surface area (Å²) in [4.78, 5) is 36.8. The molecule has 0 aliphatic heterocycles. The normalized spacial score (nSPS) is 9.86. The fraction of sp³-hybridized carbons (Fsp3) is 0.0714. The molecule has 0 aliphatic carbocycles. The maximum atomic E-state index is 12.9. The topological polar surface area (TPSA) is 100 Å². The number of pyridine rings is 1. The van der Waals surface area contributed by atoms with Gasteiger partial charge in [0.05, 0.1) is 0 Å². The largest absolute Gasteiger partial charge is 0.484 e. The lowest BCUT2D eigenvalue weighted by atomic mass is 10.3. The van der Waals surface area contributed by atoms with Crippen molar-refractivity contribution >= 4 is 11.8 Å². The van der Waals surface area contributed by atoms with Crippen LogP contribution in [0.1, 0.15) is 10.4 Å². The Hall–Kier alpha value is -3.16. The Balaban J connectivity index is 1.82. The quantitative estimate of drug-likeness (QED) is 0.710. The molecule has 0 radical (unpaired) electrons. The van der Waals surface area contributed by atoms with Gasteiger partial charge in [-0.25, -0.2) is 4.39 Å². The van der Waals surface area contributed by atoms with Gasteiger partial charge in [-0.1, -0.05) is 6.07 Å². The molecule has 0 saturated carbocycles. The first-order valence-corrected chi connectivity index (χ1v) is 6.21. The van der Waals surface area contributed by atoms with Crippen molar-refractivity contribution in [3.8, 4) is 5.75 Å². The summed E-state index contributed by atoms with van der Waals surface area (Å²) >= 11 is 0. The van der Waals surface area contributed by atoms with E-state index in [1.807, 2.05) is 0 Å². The predicted molar refractivity (Wildman–Crippen MR) is 74.6 cm³/mol. The molecule has 0 bridgehead atoms. The Morgan fingerprint density at radius 3 is 2.73 bits per heavy atom. The second-order valence-corrected chi connectivity index (χ2v) is 4.16. The minimum absolute atomic E-state index is 0.145. The summed E-state index contributed by atoms with van der Waals surface area (Å²) in [5.41, 5.74) is 3.43. The van der Waals surface area contributed by atoms with Gasteiger partial charge in [0.15, 0.2) is 6.61 Å². The lowest BCUT2D eigenvalue weighted by Crippen LogP contribution is -2.45. The van der Waals surface area contributed by atoms with Crippen molar-refractivity contribution in [2.24, 2.45) is 0 Å². The highest BCUT2D eigenvalue weighted by Crippen LogP contribution is 2.11. The number of H-pyrrole nitrogens is 1. The van der Waals surface area contributed by atoms with Crippen LogP contribution in [0.15, 0.2) is 47.4 Å². The highest BCUT2D eigenvalue weighted by Gasteiger charge is 2.10. The zero-order valence-corrected chi connectivity index (χ0v) is 11.3. The van der Waals surface area contributed by atoms with Gasteiger partial charge in [0, 0.05) is 12.3 Å². The van der Waals surface area contributed by atoms with Gasteiger partial charge in [-0.15, -0.1) is 0 Å². The van der Waals surface area contributed by atoms with Crippen LogP contribution in [-0.2, 0) is 4.79 Å². The van der Waals surface area contributed by atoms with E-state index in [1.54, 1.807) is 0 Å². The monoisotopic (exact) mass is 305 g/mol. The van der Waals surface area contributed by atoms with Crippen LogP contribution in [0.5, 0.6) is 5.75 Å². The maximum Gasteiger partial charge on any atom is 0.276 e. The van der Waals surface area contributed by atoms with Crippen molar-refractivity contribution in [1.82, 2.24) is 15.8 Å². The van der Waals surface area contributed by atoms with E-state index in [0.29, 0.717) is 0 Å². The Kier molecular flexibility index (Phi) is 4.86. The Labute approximate surface area is 124 Å². The van der Waals surface area contributed by atoms with E-state index in [2.05, 4.69) is 15.8 Å². The second kappa shape index (κ2) is 7.02. The number of hydrogen-bond acceptors (Lipinski definition) is 4. The van der Waals surface area contributed by atoms with Gasteiger partial charge in [-0.3, -0.25) is 25.2 Å². The van der Waals surface area contributed by atoms with Crippen molar-refractivity contribution in [2.45, 2.75) is 0 Å². The van der Waals surface area contributed by atoms with Gasteiger partial charge in [-0.05, 0) is 24.3 Å². The van der Waals surface area contributed by atoms with Gasteiger partial charge >= 0.3 is 0 Å². The number of nitrogens with one attached hydrogen (secondary N) is 3. The molecule has 0 atom stereocenters. The fourth-order valence-corrected chi connectivity index (χ4v) is 1.54. The number of benzene rings is 1. The van der Waals surface area contributed by atoms with Crippen LogP contribution in [0.4, 0.5) is 4.39 Å². The fourth-order valence-electron chi connectivity index (χ4n) is 1.54. The van der Waals surface area contributed by atoms with Crippen molar-refractivity contribution in [3.63, 3.8) is 0 Å². The van der Waals surface area contributed by atoms with Crippen LogP contribution in [0.25, 0.3) is 0 Å². The van der Waals surface area contributed by atoms with E-state index in [4.69, 9.17) is 4.74 Å². The minimum Gasteiger partial charge on any atom is -0.484 e. The number of halogens is 1. The number of hydrazine groups is 1. The number of hydrogen-bond donors (Lipinski definition) is 3. The average Bonchev–Trinajstić information content (AvgIpc) is 2.51. The van der Waals surface area contributed by atoms with E-state index in [-0.39, 0.29) is 11.3 Å². The molecule has 1 heterocycles. The van der Waals surface area contributed by atoms with Gasteiger partial charge in [0.1, 0.15) is 17.1 Å². The van der Waals surface area contributed by atoms with E-state index in [1.165, 1.54) is 36.5 Å². The Bertz CT molecular complexity index is 745. The van der Waals surface area contributed by atoms with E-state index in [9.17, 15) is 18.8 Å². The molecule has 114 valence electrons. The summed E-state index contributed by atoms with van der Waals surface area (Å²) in [6, 6.07) is 8.07. The van der Waals surface area contributed by atoms with Crippen LogP contribution in [0.2, 0.25) is 0 Å². The summed E-state index contributed by atoms with van der Waals surface area (Å²) in [6.07, 6.45) is 1.38. The van der Waals surface area contributed by atoms with E-state index >= 15 is 0 Å². The summed E-state index contributed by atoms with van der Waals surface area (Å²) in [7, 11) is 0. The van der Waals surface area contributed by atoms with Gasteiger partial charge in [-0.2, -0.15) is 0 Å². The zero-order chi connectivity index (χ0) is 15.9. The Morgan fingerprint density at radius 1 is 1.18 bits per heavy atom. The molecule has 1 aromatic carbocycles. The first kappa shape index (κ1) is 15.2. The molecule has 22 heavy (non-hydrogen) atoms.